The molecule has 0 heterocycles. The van der Waals surface area contributed by atoms with E-state index in [2.05, 4.69) is 18.3 Å². The lowest BCUT2D eigenvalue weighted by Gasteiger charge is -2.31. The van der Waals surface area contributed by atoms with Crippen LogP contribution in [0.3, 0.4) is 0 Å². The summed E-state index contributed by atoms with van der Waals surface area (Å²) in [7, 11) is 0. The molecule has 1 unspecified atom stereocenters. The first-order valence-electron chi connectivity index (χ1n) is 8.31. The summed E-state index contributed by atoms with van der Waals surface area (Å²) in [5.41, 5.74) is 2.16. The first kappa shape index (κ1) is 14.1. The van der Waals surface area contributed by atoms with Crippen LogP contribution in [0.25, 0.3) is 0 Å². The van der Waals surface area contributed by atoms with Gasteiger partial charge in [-0.15, -0.1) is 0 Å². The van der Waals surface area contributed by atoms with E-state index in [1.54, 1.807) is 6.07 Å². The van der Waals surface area contributed by atoms with Gasteiger partial charge >= 0.3 is 0 Å². The Morgan fingerprint density at radius 3 is 2.70 bits per heavy atom. The van der Waals surface area contributed by atoms with Crippen molar-refractivity contribution < 1.29 is 4.39 Å². The van der Waals surface area contributed by atoms with Crippen LogP contribution >= 0.6 is 0 Å². The summed E-state index contributed by atoms with van der Waals surface area (Å²) in [6.07, 6.45) is 10.00. The standard InChI is InChI=1S/C18H26FN/c1-2-4-13-7-9-14(10-8-13)20-18-12-11-15-16(18)5-3-6-17(15)19/h3,5-6,13-14,18,20H,2,4,7-12H2,1H3. The summed E-state index contributed by atoms with van der Waals surface area (Å²) >= 11 is 0. The van der Waals surface area contributed by atoms with Crippen LogP contribution in [-0.2, 0) is 6.42 Å². The summed E-state index contributed by atoms with van der Waals surface area (Å²) in [6, 6.07) is 6.57. The van der Waals surface area contributed by atoms with Gasteiger partial charge in [-0.25, -0.2) is 4.39 Å². The van der Waals surface area contributed by atoms with E-state index in [1.807, 2.05) is 6.07 Å². The van der Waals surface area contributed by atoms with Crippen LogP contribution in [0.1, 0.15) is 69.0 Å². The Kier molecular flexibility index (Phi) is 4.40. The minimum Gasteiger partial charge on any atom is -0.307 e. The van der Waals surface area contributed by atoms with E-state index in [4.69, 9.17) is 0 Å². The Morgan fingerprint density at radius 1 is 1.15 bits per heavy atom. The molecule has 3 rings (SSSR count). The predicted octanol–water partition coefficient (Wildman–Crippen LogP) is 4.76. The molecule has 1 fully saturated rings. The molecule has 0 amide bonds. The topological polar surface area (TPSA) is 12.0 Å². The van der Waals surface area contributed by atoms with E-state index in [0.717, 1.165) is 24.3 Å². The zero-order valence-corrected chi connectivity index (χ0v) is 12.5. The molecule has 1 saturated carbocycles. The summed E-state index contributed by atoms with van der Waals surface area (Å²) < 4.78 is 13.8. The number of nitrogens with one attached hydrogen (secondary N) is 1. The molecule has 1 nitrogen and oxygen atoms in total. The minimum atomic E-state index is -0.0153. The van der Waals surface area contributed by atoms with E-state index < -0.39 is 0 Å². The second-order valence-electron chi connectivity index (χ2n) is 6.57. The van der Waals surface area contributed by atoms with Crippen molar-refractivity contribution in [2.45, 2.75) is 70.4 Å². The van der Waals surface area contributed by atoms with Crippen LogP contribution < -0.4 is 5.32 Å². The van der Waals surface area contributed by atoms with E-state index in [1.165, 1.54) is 44.1 Å². The largest absolute Gasteiger partial charge is 0.307 e. The summed E-state index contributed by atoms with van der Waals surface area (Å²) in [5, 5.41) is 3.80. The quantitative estimate of drug-likeness (QED) is 0.835. The molecular weight excluding hydrogens is 249 g/mol. The van der Waals surface area contributed by atoms with Gasteiger partial charge in [-0.05, 0) is 61.6 Å². The molecule has 2 heteroatoms. The highest BCUT2D eigenvalue weighted by atomic mass is 19.1. The molecule has 0 bridgehead atoms. The van der Waals surface area contributed by atoms with E-state index in [0.29, 0.717) is 12.1 Å². The maximum atomic E-state index is 13.8. The molecule has 1 aromatic carbocycles. The van der Waals surface area contributed by atoms with Gasteiger partial charge in [0.1, 0.15) is 5.82 Å². The van der Waals surface area contributed by atoms with Gasteiger partial charge in [0.15, 0.2) is 0 Å². The van der Waals surface area contributed by atoms with Gasteiger partial charge in [0.25, 0.3) is 0 Å². The maximum absolute atomic E-state index is 13.8. The van der Waals surface area contributed by atoms with Gasteiger partial charge in [0, 0.05) is 12.1 Å². The van der Waals surface area contributed by atoms with Crippen molar-refractivity contribution in [3.8, 4) is 0 Å². The van der Waals surface area contributed by atoms with Crippen molar-refractivity contribution >= 4 is 0 Å². The van der Waals surface area contributed by atoms with Gasteiger partial charge < -0.3 is 5.32 Å². The number of benzene rings is 1. The molecule has 2 aliphatic carbocycles. The second-order valence-corrected chi connectivity index (χ2v) is 6.57. The molecule has 110 valence electrons. The Labute approximate surface area is 122 Å². The summed E-state index contributed by atoms with van der Waals surface area (Å²) in [6.45, 7) is 2.29. The zero-order valence-electron chi connectivity index (χ0n) is 12.5. The fourth-order valence-electron chi connectivity index (χ4n) is 4.09. The van der Waals surface area contributed by atoms with E-state index >= 15 is 0 Å². The van der Waals surface area contributed by atoms with Crippen molar-refractivity contribution in [1.29, 1.82) is 0 Å². The molecule has 0 aromatic heterocycles. The maximum Gasteiger partial charge on any atom is 0.126 e. The highest BCUT2D eigenvalue weighted by Crippen LogP contribution is 2.35. The highest BCUT2D eigenvalue weighted by molar-refractivity contribution is 5.35. The van der Waals surface area contributed by atoms with Crippen molar-refractivity contribution in [2.24, 2.45) is 5.92 Å². The van der Waals surface area contributed by atoms with Crippen molar-refractivity contribution in [2.75, 3.05) is 0 Å². The van der Waals surface area contributed by atoms with Crippen LogP contribution in [0.15, 0.2) is 18.2 Å². The molecule has 0 radical (unpaired) electrons. The van der Waals surface area contributed by atoms with Gasteiger partial charge in [-0.1, -0.05) is 31.9 Å². The van der Waals surface area contributed by atoms with Crippen LogP contribution in [0, 0.1) is 11.7 Å². The molecule has 1 aromatic rings. The Balaban J connectivity index is 1.57. The number of fused-ring (bicyclic) bond motifs is 1. The summed E-state index contributed by atoms with van der Waals surface area (Å²) in [4.78, 5) is 0. The Morgan fingerprint density at radius 2 is 1.95 bits per heavy atom. The lowest BCUT2D eigenvalue weighted by molar-refractivity contribution is 0.262. The van der Waals surface area contributed by atoms with Crippen molar-refractivity contribution in [1.82, 2.24) is 5.32 Å². The minimum absolute atomic E-state index is 0.0153. The fraction of sp³-hybridized carbons (Fsp3) is 0.667. The smallest absolute Gasteiger partial charge is 0.126 e. The molecule has 2 aliphatic rings. The van der Waals surface area contributed by atoms with Crippen LogP contribution in [0.5, 0.6) is 0 Å². The third-order valence-electron chi connectivity index (χ3n) is 5.19. The van der Waals surface area contributed by atoms with Crippen LogP contribution in [0.2, 0.25) is 0 Å². The fourth-order valence-corrected chi connectivity index (χ4v) is 4.09. The first-order valence-corrected chi connectivity index (χ1v) is 8.31. The van der Waals surface area contributed by atoms with Gasteiger partial charge in [-0.3, -0.25) is 0 Å². The summed E-state index contributed by atoms with van der Waals surface area (Å²) in [5.74, 6) is 0.935. The molecule has 1 N–H and O–H groups in total. The van der Waals surface area contributed by atoms with Gasteiger partial charge in [0.2, 0.25) is 0 Å². The average Bonchev–Trinajstić information content (AvgIpc) is 2.86. The molecule has 0 saturated heterocycles. The van der Waals surface area contributed by atoms with Crippen LogP contribution in [0.4, 0.5) is 4.39 Å². The third-order valence-corrected chi connectivity index (χ3v) is 5.19. The molecule has 0 aliphatic heterocycles. The predicted molar refractivity (Wildman–Crippen MR) is 81.3 cm³/mol. The van der Waals surface area contributed by atoms with Crippen molar-refractivity contribution in [3.63, 3.8) is 0 Å². The van der Waals surface area contributed by atoms with Crippen molar-refractivity contribution in [3.05, 3.63) is 35.1 Å². The average molecular weight is 275 g/mol. The van der Waals surface area contributed by atoms with Crippen LogP contribution in [-0.4, -0.2) is 6.04 Å². The first-order chi connectivity index (χ1) is 9.78. The number of rotatable bonds is 4. The molecule has 0 spiro atoms. The van der Waals surface area contributed by atoms with E-state index in [-0.39, 0.29) is 5.82 Å². The number of hydrogen-bond donors (Lipinski definition) is 1. The van der Waals surface area contributed by atoms with Gasteiger partial charge in [-0.2, -0.15) is 0 Å². The lowest BCUT2D eigenvalue weighted by Crippen LogP contribution is -2.35. The molecule has 1 atom stereocenters. The molecule has 20 heavy (non-hydrogen) atoms. The number of halogens is 1. The SMILES string of the molecule is CCCC1CCC(NC2CCc3c(F)cccc32)CC1. The Hall–Kier alpha value is -0.890. The monoisotopic (exact) mass is 275 g/mol. The third kappa shape index (κ3) is 2.90. The second kappa shape index (κ2) is 6.26. The Bertz CT molecular complexity index is 449. The number of hydrogen-bond acceptors (Lipinski definition) is 1. The lowest BCUT2D eigenvalue weighted by atomic mass is 9.83. The van der Waals surface area contributed by atoms with Gasteiger partial charge in [0.05, 0.1) is 0 Å². The normalized spacial score (nSPS) is 29.4. The van der Waals surface area contributed by atoms with E-state index in [9.17, 15) is 4.39 Å². The molecular formula is C18H26FN. The highest BCUT2D eigenvalue weighted by Gasteiger charge is 2.28. The zero-order chi connectivity index (χ0) is 13.9.